The van der Waals surface area contributed by atoms with Crippen molar-refractivity contribution in [1.82, 2.24) is 0 Å². The summed E-state index contributed by atoms with van der Waals surface area (Å²) in [6, 6.07) is 8.60. The SMILES string of the molecule is CCCCC[C@@H](C)SCNc1ccc(C)cc1. The van der Waals surface area contributed by atoms with Crippen LogP contribution in [0.15, 0.2) is 24.3 Å². The van der Waals surface area contributed by atoms with Crippen LogP contribution in [-0.4, -0.2) is 11.1 Å². The van der Waals surface area contributed by atoms with E-state index in [0.717, 1.165) is 11.1 Å². The molecule has 0 fully saturated rings. The van der Waals surface area contributed by atoms with Crippen molar-refractivity contribution in [3.05, 3.63) is 29.8 Å². The molecule has 0 aromatic heterocycles. The molecule has 0 aliphatic carbocycles. The molecular formula is C15H25NS. The predicted octanol–water partition coefficient (Wildman–Crippen LogP) is 5.07. The van der Waals surface area contributed by atoms with Crippen LogP contribution in [0.1, 0.15) is 45.1 Å². The quantitative estimate of drug-likeness (QED) is 0.511. The summed E-state index contributed by atoms with van der Waals surface area (Å²) < 4.78 is 0. The molecule has 1 atom stereocenters. The van der Waals surface area contributed by atoms with Crippen molar-refractivity contribution < 1.29 is 0 Å². The smallest absolute Gasteiger partial charge is 0.0613 e. The average molecular weight is 251 g/mol. The van der Waals surface area contributed by atoms with Crippen molar-refractivity contribution in [2.45, 2.75) is 51.7 Å². The minimum absolute atomic E-state index is 0.763. The number of rotatable bonds is 8. The highest BCUT2D eigenvalue weighted by atomic mass is 32.2. The first-order chi connectivity index (χ1) is 8.22. The number of benzene rings is 1. The van der Waals surface area contributed by atoms with Crippen molar-refractivity contribution >= 4 is 17.4 Å². The van der Waals surface area contributed by atoms with Crippen molar-refractivity contribution in [1.29, 1.82) is 0 Å². The van der Waals surface area contributed by atoms with Crippen LogP contribution >= 0.6 is 11.8 Å². The average Bonchev–Trinajstić information content (AvgIpc) is 2.32. The van der Waals surface area contributed by atoms with Crippen LogP contribution in [0.25, 0.3) is 0 Å². The molecular weight excluding hydrogens is 226 g/mol. The van der Waals surface area contributed by atoms with Gasteiger partial charge in [-0.25, -0.2) is 0 Å². The molecule has 1 nitrogen and oxygen atoms in total. The largest absolute Gasteiger partial charge is 0.376 e. The van der Waals surface area contributed by atoms with E-state index in [0.29, 0.717) is 0 Å². The molecule has 96 valence electrons. The fourth-order valence-corrected chi connectivity index (χ4v) is 2.57. The zero-order valence-corrected chi connectivity index (χ0v) is 12.1. The Morgan fingerprint density at radius 1 is 1.18 bits per heavy atom. The highest BCUT2D eigenvalue weighted by Crippen LogP contribution is 2.18. The Labute approximate surface area is 110 Å². The Kier molecular flexibility index (Phi) is 7.18. The summed E-state index contributed by atoms with van der Waals surface area (Å²) in [4.78, 5) is 0. The summed E-state index contributed by atoms with van der Waals surface area (Å²) in [5, 5.41) is 4.22. The normalized spacial score (nSPS) is 12.4. The minimum atomic E-state index is 0.763. The van der Waals surface area contributed by atoms with Crippen molar-refractivity contribution in [2.75, 3.05) is 11.2 Å². The third-order valence-corrected chi connectivity index (χ3v) is 4.03. The van der Waals surface area contributed by atoms with Crippen LogP contribution in [0.2, 0.25) is 0 Å². The Morgan fingerprint density at radius 3 is 2.53 bits per heavy atom. The number of aryl methyl sites for hydroxylation is 1. The molecule has 1 rings (SSSR count). The summed E-state index contributed by atoms with van der Waals surface area (Å²) in [5.74, 6) is 1.01. The Balaban J connectivity index is 2.12. The second-order valence-corrected chi connectivity index (χ2v) is 6.09. The van der Waals surface area contributed by atoms with Crippen LogP contribution in [0.4, 0.5) is 5.69 Å². The van der Waals surface area contributed by atoms with Crippen LogP contribution in [0.3, 0.4) is 0 Å². The maximum Gasteiger partial charge on any atom is 0.0613 e. The molecule has 17 heavy (non-hydrogen) atoms. The van der Waals surface area contributed by atoms with E-state index in [2.05, 4.69) is 50.4 Å². The highest BCUT2D eigenvalue weighted by Gasteiger charge is 2.01. The zero-order valence-electron chi connectivity index (χ0n) is 11.3. The maximum absolute atomic E-state index is 3.46. The summed E-state index contributed by atoms with van der Waals surface area (Å²) in [5.41, 5.74) is 2.54. The number of nitrogens with one attached hydrogen (secondary N) is 1. The lowest BCUT2D eigenvalue weighted by Crippen LogP contribution is -2.04. The number of thioether (sulfide) groups is 1. The third-order valence-electron chi connectivity index (χ3n) is 2.91. The topological polar surface area (TPSA) is 12.0 Å². The molecule has 0 radical (unpaired) electrons. The van der Waals surface area contributed by atoms with E-state index < -0.39 is 0 Å². The third kappa shape index (κ3) is 6.62. The standard InChI is InChI=1S/C15H25NS/c1-4-5-6-7-14(3)17-12-16-15-10-8-13(2)9-11-15/h8-11,14,16H,4-7,12H2,1-3H3/t14-/m1/s1. The molecule has 0 bridgehead atoms. The molecule has 0 amide bonds. The number of unbranched alkanes of at least 4 members (excludes halogenated alkanes) is 2. The van der Waals surface area contributed by atoms with E-state index in [-0.39, 0.29) is 0 Å². The molecule has 0 heterocycles. The van der Waals surface area contributed by atoms with Gasteiger partial charge in [0.25, 0.3) is 0 Å². The van der Waals surface area contributed by atoms with E-state index in [4.69, 9.17) is 0 Å². The monoisotopic (exact) mass is 251 g/mol. The molecule has 1 aromatic rings. The van der Waals surface area contributed by atoms with Gasteiger partial charge in [-0.3, -0.25) is 0 Å². The number of anilines is 1. The van der Waals surface area contributed by atoms with Gasteiger partial charge in [0.2, 0.25) is 0 Å². The summed E-state index contributed by atoms with van der Waals surface area (Å²) in [6.07, 6.45) is 5.40. The number of hydrogen-bond donors (Lipinski definition) is 1. The van der Waals surface area contributed by atoms with Gasteiger partial charge in [0.1, 0.15) is 0 Å². The van der Waals surface area contributed by atoms with E-state index in [1.807, 2.05) is 11.8 Å². The first-order valence-electron chi connectivity index (χ1n) is 6.64. The van der Waals surface area contributed by atoms with E-state index in [9.17, 15) is 0 Å². The van der Waals surface area contributed by atoms with Gasteiger partial charge in [-0.15, -0.1) is 11.8 Å². The van der Waals surface area contributed by atoms with Gasteiger partial charge < -0.3 is 5.32 Å². The molecule has 1 N–H and O–H groups in total. The predicted molar refractivity (Wildman–Crippen MR) is 80.9 cm³/mol. The lowest BCUT2D eigenvalue weighted by Gasteiger charge is -2.12. The van der Waals surface area contributed by atoms with Crippen molar-refractivity contribution in [3.63, 3.8) is 0 Å². The summed E-state index contributed by atoms with van der Waals surface area (Å²) in [6.45, 7) is 6.71. The highest BCUT2D eigenvalue weighted by molar-refractivity contribution is 7.99. The van der Waals surface area contributed by atoms with Gasteiger partial charge in [0, 0.05) is 10.9 Å². The van der Waals surface area contributed by atoms with Gasteiger partial charge in [-0.2, -0.15) is 0 Å². The lowest BCUT2D eigenvalue weighted by atomic mass is 10.2. The van der Waals surface area contributed by atoms with E-state index >= 15 is 0 Å². The first-order valence-corrected chi connectivity index (χ1v) is 7.69. The van der Waals surface area contributed by atoms with Gasteiger partial charge in [-0.1, -0.05) is 50.8 Å². The fourth-order valence-electron chi connectivity index (χ4n) is 1.70. The maximum atomic E-state index is 3.46. The van der Waals surface area contributed by atoms with E-state index in [1.165, 1.54) is 36.9 Å². The van der Waals surface area contributed by atoms with Gasteiger partial charge in [0.15, 0.2) is 0 Å². The molecule has 0 saturated carbocycles. The molecule has 0 unspecified atom stereocenters. The van der Waals surface area contributed by atoms with Gasteiger partial charge in [0.05, 0.1) is 5.88 Å². The van der Waals surface area contributed by atoms with Gasteiger partial charge in [-0.05, 0) is 25.5 Å². The Hall–Kier alpha value is -0.630. The molecule has 2 heteroatoms. The molecule has 0 aliphatic rings. The molecule has 0 spiro atoms. The lowest BCUT2D eigenvalue weighted by molar-refractivity contribution is 0.664. The van der Waals surface area contributed by atoms with Crippen molar-refractivity contribution in [3.8, 4) is 0 Å². The second-order valence-electron chi connectivity index (χ2n) is 4.66. The first kappa shape index (κ1) is 14.4. The summed E-state index contributed by atoms with van der Waals surface area (Å²) in [7, 11) is 0. The van der Waals surface area contributed by atoms with Crippen LogP contribution in [0.5, 0.6) is 0 Å². The molecule has 1 aromatic carbocycles. The Morgan fingerprint density at radius 2 is 1.88 bits per heavy atom. The van der Waals surface area contributed by atoms with Crippen LogP contribution < -0.4 is 5.32 Å². The zero-order chi connectivity index (χ0) is 12.5. The van der Waals surface area contributed by atoms with Gasteiger partial charge >= 0.3 is 0 Å². The minimum Gasteiger partial charge on any atom is -0.376 e. The molecule has 0 aliphatic heterocycles. The van der Waals surface area contributed by atoms with Crippen LogP contribution in [-0.2, 0) is 0 Å². The fraction of sp³-hybridized carbons (Fsp3) is 0.600. The van der Waals surface area contributed by atoms with Crippen molar-refractivity contribution in [2.24, 2.45) is 0 Å². The number of hydrogen-bond acceptors (Lipinski definition) is 2. The van der Waals surface area contributed by atoms with Crippen LogP contribution in [0, 0.1) is 6.92 Å². The molecule has 0 saturated heterocycles. The second kappa shape index (κ2) is 8.46. The summed E-state index contributed by atoms with van der Waals surface area (Å²) >= 11 is 2.01. The van der Waals surface area contributed by atoms with E-state index in [1.54, 1.807) is 0 Å². The Bertz CT molecular complexity index is 294.